The molecule has 0 radical (unpaired) electrons. The summed E-state index contributed by atoms with van der Waals surface area (Å²) in [6.45, 7) is 1.96. The smallest absolute Gasteiger partial charge is 0.125 e. The fourth-order valence-electron chi connectivity index (χ4n) is 1.52. The van der Waals surface area contributed by atoms with E-state index in [0.29, 0.717) is 10.0 Å². The Labute approximate surface area is 114 Å². The lowest BCUT2D eigenvalue weighted by Crippen LogP contribution is -2.17. The topological polar surface area (TPSA) is 38.9 Å². The summed E-state index contributed by atoms with van der Waals surface area (Å²) in [5.41, 5.74) is 7.62. The Kier molecular flexibility index (Phi) is 4.05. The van der Waals surface area contributed by atoms with Gasteiger partial charge in [-0.25, -0.2) is 4.98 Å². The Morgan fingerprint density at radius 2 is 2.18 bits per heavy atom. The number of hydrogen-bond acceptors (Lipinski definition) is 3. The average molecular weight is 287 g/mol. The molecule has 0 aliphatic heterocycles. The Morgan fingerprint density at radius 1 is 1.41 bits per heavy atom. The molecule has 0 saturated carbocycles. The second-order valence-electron chi connectivity index (χ2n) is 3.93. The number of halogens is 2. The maximum absolute atomic E-state index is 6.15. The van der Waals surface area contributed by atoms with E-state index in [-0.39, 0.29) is 6.04 Å². The van der Waals surface area contributed by atoms with Crippen LogP contribution in [0.25, 0.3) is 10.6 Å². The molecule has 2 nitrogen and oxygen atoms in total. The molecule has 1 aromatic carbocycles. The normalized spacial score (nSPS) is 12.7. The van der Waals surface area contributed by atoms with Crippen molar-refractivity contribution in [2.75, 3.05) is 0 Å². The highest BCUT2D eigenvalue weighted by atomic mass is 35.5. The highest BCUT2D eigenvalue weighted by Crippen LogP contribution is 2.34. The first kappa shape index (κ1) is 12.8. The van der Waals surface area contributed by atoms with Crippen molar-refractivity contribution in [1.82, 2.24) is 4.98 Å². The van der Waals surface area contributed by atoms with Gasteiger partial charge in [-0.1, -0.05) is 35.3 Å². The van der Waals surface area contributed by atoms with E-state index in [1.54, 1.807) is 17.4 Å². The van der Waals surface area contributed by atoms with E-state index in [1.165, 1.54) is 0 Å². The van der Waals surface area contributed by atoms with Gasteiger partial charge in [0, 0.05) is 23.4 Å². The predicted molar refractivity (Wildman–Crippen MR) is 74.9 cm³/mol. The summed E-state index contributed by atoms with van der Waals surface area (Å²) in [6, 6.07) is 5.67. The van der Waals surface area contributed by atoms with Crippen LogP contribution in [0.15, 0.2) is 23.6 Å². The maximum Gasteiger partial charge on any atom is 0.125 e. The van der Waals surface area contributed by atoms with Crippen LogP contribution in [0.3, 0.4) is 0 Å². The van der Waals surface area contributed by atoms with Crippen LogP contribution < -0.4 is 5.73 Å². The zero-order valence-electron chi connectivity index (χ0n) is 9.28. The van der Waals surface area contributed by atoms with Gasteiger partial charge in [-0.2, -0.15) is 0 Å². The number of thiazole rings is 1. The monoisotopic (exact) mass is 286 g/mol. The Balaban J connectivity index is 2.34. The molecule has 90 valence electrons. The molecule has 2 aromatic rings. The lowest BCUT2D eigenvalue weighted by Gasteiger charge is -2.02. The number of rotatable bonds is 3. The van der Waals surface area contributed by atoms with Gasteiger partial charge in [0.1, 0.15) is 5.01 Å². The summed E-state index contributed by atoms with van der Waals surface area (Å²) in [5, 5.41) is 3.99. The van der Waals surface area contributed by atoms with Gasteiger partial charge in [-0.3, -0.25) is 0 Å². The molecular formula is C12H12Cl2N2S. The Morgan fingerprint density at radius 3 is 2.88 bits per heavy atom. The molecule has 0 bridgehead atoms. The molecule has 2 N–H and O–H groups in total. The number of nitrogens with two attached hydrogens (primary N) is 1. The second kappa shape index (κ2) is 5.36. The van der Waals surface area contributed by atoms with Crippen LogP contribution in [0.5, 0.6) is 0 Å². The summed E-state index contributed by atoms with van der Waals surface area (Å²) in [7, 11) is 0. The number of aromatic nitrogens is 1. The summed E-state index contributed by atoms with van der Waals surface area (Å²) in [5.74, 6) is 0. The zero-order valence-corrected chi connectivity index (χ0v) is 11.6. The summed E-state index contributed by atoms with van der Waals surface area (Å²) in [6.07, 6.45) is 0.773. The third-order valence-electron chi connectivity index (χ3n) is 2.26. The third kappa shape index (κ3) is 2.99. The second-order valence-corrected chi connectivity index (χ2v) is 5.57. The molecule has 1 aromatic heterocycles. The Bertz CT molecular complexity index is 523. The third-order valence-corrected chi connectivity index (χ3v) is 4.01. The maximum atomic E-state index is 6.15. The molecule has 2 rings (SSSR count). The molecule has 17 heavy (non-hydrogen) atoms. The first-order valence-electron chi connectivity index (χ1n) is 5.22. The minimum absolute atomic E-state index is 0.111. The van der Waals surface area contributed by atoms with Gasteiger partial charge in [-0.15, -0.1) is 11.3 Å². The minimum Gasteiger partial charge on any atom is -0.328 e. The molecule has 0 fully saturated rings. The Hall–Kier alpha value is -0.610. The molecule has 0 aliphatic carbocycles. The minimum atomic E-state index is 0.111. The molecule has 0 amide bonds. The zero-order chi connectivity index (χ0) is 12.4. The lowest BCUT2D eigenvalue weighted by molar-refractivity contribution is 0.726. The predicted octanol–water partition coefficient (Wildman–Crippen LogP) is 4.01. The lowest BCUT2D eigenvalue weighted by atomic mass is 10.2. The largest absolute Gasteiger partial charge is 0.328 e. The van der Waals surface area contributed by atoms with Crippen molar-refractivity contribution < 1.29 is 0 Å². The number of benzene rings is 1. The molecule has 5 heteroatoms. The van der Waals surface area contributed by atoms with Gasteiger partial charge in [0.05, 0.1) is 15.7 Å². The van der Waals surface area contributed by atoms with Gasteiger partial charge in [0.25, 0.3) is 0 Å². The fraction of sp³-hybridized carbons (Fsp3) is 0.250. The van der Waals surface area contributed by atoms with Gasteiger partial charge in [0.15, 0.2) is 0 Å². The van der Waals surface area contributed by atoms with E-state index in [4.69, 9.17) is 28.9 Å². The van der Waals surface area contributed by atoms with E-state index < -0.39 is 0 Å². The van der Waals surface area contributed by atoms with Crippen molar-refractivity contribution in [2.45, 2.75) is 19.4 Å². The van der Waals surface area contributed by atoms with Crippen molar-refractivity contribution in [1.29, 1.82) is 0 Å². The number of hydrogen-bond donors (Lipinski definition) is 1. The van der Waals surface area contributed by atoms with Crippen LogP contribution >= 0.6 is 34.5 Å². The summed E-state index contributed by atoms with van der Waals surface area (Å²) >= 11 is 13.7. The van der Waals surface area contributed by atoms with Crippen LogP contribution in [0.2, 0.25) is 10.0 Å². The van der Waals surface area contributed by atoms with Crippen molar-refractivity contribution >= 4 is 34.5 Å². The molecule has 1 heterocycles. The first-order chi connectivity index (χ1) is 8.08. The highest BCUT2D eigenvalue weighted by Gasteiger charge is 2.11. The van der Waals surface area contributed by atoms with E-state index in [9.17, 15) is 0 Å². The van der Waals surface area contributed by atoms with Crippen LogP contribution in [-0.4, -0.2) is 11.0 Å². The molecule has 1 unspecified atom stereocenters. The molecule has 0 spiro atoms. The van der Waals surface area contributed by atoms with E-state index in [1.807, 2.05) is 24.4 Å². The summed E-state index contributed by atoms with van der Waals surface area (Å²) in [4.78, 5) is 4.52. The van der Waals surface area contributed by atoms with E-state index in [0.717, 1.165) is 22.7 Å². The molecule has 0 aliphatic rings. The van der Waals surface area contributed by atoms with Gasteiger partial charge in [0.2, 0.25) is 0 Å². The molecule has 0 saturated heterocycles. The van der Waals surface area contributed by atoms with Gasteiger partial charge < -0.3 is 5.73 Å². The SMILES string of the molecule is CC(N)Cc1csc(-c2cccc(Cl)c2Cl)n1. The van der Waals surface area contributed by atoms with Crippen LogP contribution in [-0.2, 0) is 6.42 Å². The van der Waals surface area contributed by atoms with Crippen molar-refractivity contribution in [2.24, 2.45) is 5.73 Å². The standard InChI is InChI=1S/C12H12Cl2N2S/c1-7(15)5-8-6-17-12(16-8)9-3-2-4-10(13)11(9)14/h2-4,6-7H,5,15H2,1H3. The molecule has 1 atom stereocenters. The van der Waals surface area contributed by atoms with Crippen LogP contribution in [0.1, 0.15) is 12.6 Å². The fourth-order valence-corrected chi connectivity index (χ4v) is 2.83. The summed E-state index contributed by atoms with van der Waals surface area (Å²) < 4.78 is 0. The van der Waals surface area contributed by atoms with Crippen LogP contribution in [0, 0.1) is 0 Å². The first-order valence-corrected chi connectivity index (χ1v) is 6.86. The van der Waals surface area contributed by atoms with Crippen molar-refractivity contribution in [3.8, 4) is 10.6 Å². The molecular weight excluding hydrogens is 275 g/mol. The van der Waals surface area contributed by atoms with Crippen molar-refractivity contribution in [3.05, 3.63) is 39.3 Å². The van der Waals surface area contributed by atoms with E-state index >= 15 is 0 Å². The average Bonchev–Trinajstić information content (AvgIpc) is 2.69. The van der Waals surface area contributed by atoms with Gasteiger partial charge in [-0.05, 0) is 13.0 Å². The number of nitrogens with zero attached hydrogens (tertiary/aromatic N) is 1. The van der Waals surface area contributed by atoms with Crippen LogP contribution in [0.4, 0.5) is 0 Å². The van der Waals surface area contributed by atoms with E-state index in [2.05, 4.69) is 4.98 Å². The van der Waals surface area contributed by atoms with Crippen molar-refractivity contribution in [3.63, 3.8) is 0 Å². The quantitative estimate of drug-likeness (QED) is 0.926. The van der Waals surface area contributed by atoms with Gasteiger partial charge >= 0.3 is 0 Å². The highest BCUT2D eigenvalue weighted by molar-refractivity contribution is 7.13.